The van der Waals surface area contributed by atoms with Gasteiger partial charge in [-0.3, -0.25) is 14.4 Å². The Morgan fingerprint density at radius 3 is 2.51 bits per heavy atom. The van der Waals surface area contributed by atoms with Gasteiger partial charge < -0.3 is 24.8 Å². The second-order valence-electron chi connectivity index (χ2n) is 8.50. The smallest absolute Gasteiger partial charge is 0.311 e. The maximum atomic E-state index is 12.7. The predicted octanol–water partition coefficient (Wildman–Crippen LogP) is 3.12. The van der Waals surface area contributed by atoms with Crippen molar-refractivity contribution in [1.29, 1.82) is 0 Å². The van der Waals surface area contributed by atoms with Crippen molar-refractivity contribution in [3.8, 4) is 11.1 Å². The van der Waals surface area contributed by atoms with E-state index in [-0.39, 0.29) is 32.0 Å². The number of aliphatic hydroxyl groups is 1. The molecule has 0 saturated heterocycles. The Kier molecular flexibility index (Phi) is 8.86. The number of H-pyrrole nitrogens is 1. The molecule has 0 saturated carbocycles. The second kappa shape index (κ2) is 11.8. The summed E-state index contributed by atoms with van der Waals surface area (Å²) in [5.74, 6) is -1.95. The van der Waals surface area contributed by atoms with E-state index in [2.05, 4.69) is 10.5 Å². The topological polar surface area (TPSA) is 142 Å². The number of nitrogens with one attached hydrogen (secondary N) is 2. The summed E-state index contributed by atoms with van der Waals surface area (Å²) >= 11 is 6.09. The summed E-state index contributed by atoms with van der Waals surface area (Å²) in [5.41, 5.74) is 0.874. The first-order chi connectivity index (χ1) is 16.7. The second-order valence-corrected chi connectivity index (χ2v) is 8.94. The van der Waals surface area contributed by atoms with Crippen LogP contribution in [0.25, 0.3) is 11.1 Å². The number of aliphatic hydroxyl groups excluding tert-OH is 1. The molecule has 0 aliphatic rings. The third-order valence-electron chi connectivity index (χ3n) is 5.55. The number of hydrogen-bond acceptors (Lipinski definition) is 6. The highest BCUT2D eigenvalue weighted by Gasteiger charge is 2.37. The molecule has 0 radical (unpaired) electrons. The summed E-state index contributed by atoms with van der Waals surface area (Å²) in [4.78, 5) is 36.1. The number of ether oxygens (including phenoxy) is 1. The Bertz CT molecular complexity index is 1200. The number of carboxylic acids is 1. The molecular formula is C25H27ClN2O7. The van der Waals surface area contributed by atoms with E-state index in [1.807, 2.05) is 42.5 Å². The monoisotopic (exact) mass is 502 g/mol. The van der Waals surface area contributed by atoms with E-state index in [1.54, 1.807) is 6.07 Å². The van der Waals surface area contributed by atoms with Crippen LogP contribution in [0.4, 0.5) is 0 Å². The van der Waals surface area contributed by atoms with Crippen molar-refractivity contribution < 1.29 is 29.1 Å². The molecule has 0 aliphatic heterocycles. The Morgan fingerprint density at radius 1 is 1.17 bits per heavy atom. The number of amides is 1. The molecule has 1 amide bonds. The van der Waals surface area contributed by atoms with Gasteiger partial charge in [0.15, 0.2) is 0 Å². The van der Waals surface area contributed by atoms with Crippen LogP contribution in [-0.4, -0.2) is 53.1 Å². The summed E-state index contributed by atoms with van der Waals surface area (Å²) in [6.45, 7) is 1.13. The Balaban J connectivity index is 1.81. The first-order valence-electron chi connectivity index (χ1n) is 11.0. The van der Waals surface area contributed by atoms with Crippen LogP contribution in [-0.2, 0) is 16.0 Å². The Labute approximate surface area is 206 Å². The number of aromatic amines is 1. The van der Waals surface area contributed by atoms with Gasteiger partial charge in [-0.25, -0.2) is 0 Å². The van der Waals surface area contributed by atoms with E-state index in [1.165, 1.54) is 6.92 Å². The van der Waals surface area contributed by atoms with Gasteiger partial charge in [-0.2, -0.15) is 5.16 Å². The first-order valence-corrected chi connectivity index (χ1v) is 11.3. The zero-order valence-corrected chi connectivity index (χ0v) is 19.9. The minimum Gasteiger partial charge on any atom is -0.481 e. The van der Waals surface area contributed by atoms with Crippen molar-refractivity contribution in [2.45, 2.75) is 25.8 Å². The highest BCUT2D eigenvalue weighted by Crippen LogP contribution is 2.27. The molecule has 2 unspecified atom stereocenters. The van der Waals surface area contributed by atoms with Crippen molar-refractivity contribution in [2.24, 2.45) is 5.41 Å². The predicted molar refractivity (Wildman–Crippen MR) is 129 cm³/mol. The molecular weight excluding hydrogens is 476 g/mol. The van der Waals surface area contributed by atoms with Crippen molar-refractivity contribution in [3.63, 3.8) is 0 Å². The maximum absolute atomic E-state index is 12.7. The largest absolute Gasteiger partial charge is 0.481 e. The summed E-state index contributed by atoms with van der Waals surface area (Å²) in [6.07, 6.45) is 0.350. The third-order valence-corrected chi connectivity index (χ3v) is 5.78. The number of carbonyl (C=O) groups excluding carboxylic acids is 1. The number of hydrogen-bond donors (Lipinski definition) is 4. The van der Waals surface area contributed by atoms with Gasteiger partial charge in [0.1, 0.15) is 0 Å². The number of carboxylic acid groups (broad SMARTS) is 1. The fourth-order valence-electron chi connectivity index (χ4n) is 3.73. The van der Waals surface area contributed by atoms with E-state index in [9.17, 15) is 19.5 Å². The number of aromatic nitrogens is 1. The summed E-state index contributed by atoms with van der Waals surface area (Å²) in [6, 6.07) is 15.5. The fourth-order valence-corrected chi connectivity index (χ4v) is 3.92. The molecule has 2 atom stereocenters. The van der Waals surface area contributed by atoms with E-state index < -0.39 is 28.9 Å². The van der Waals surface area contributed by atoms with E-state index >= 15 is 0 Å². The standard InChI is InChI=1S/C25H27ClN2O7/c1-25(24(32)33,15-34-10-9-29)14-20(27-23(31)21-13-22(30)28-35-21)11-16-5-7-17(8-6-16)18-3-2-4-19(26)12-18/h2-8,12-13,20,29H,9-11,14-15H2,1H3,(H,27,31)(H,28,30)(H,32,33). The number of aliphatic carboxylic acids is 1. The quantitative estimate of drug-likeness (QED) is 0.279. The van der Waals surface area contributed by atoms with Gasteiger partial charge in [-0.15, -0.1) is 0 Å². The molecule has 0 bridgehead atoms. The zero-order chi connectivity index (χ0) is 25.4. The average molecular weight is 503 g/mol. The third kappa shape index (κ3) is 7.29. The molecule has 0 aliphatic carbocycles. The van der Waals surface area contributed by atoms with Crippen LogP contribution < -0.4 is 10.9 Å². The highest BCUT2D eigenvalue weighted by atomic mass is 35.5. The number of benzene rings is 2. The molecule has 35 heavy (non-hydrogen) atoms. The minimum absolute atomic E-state index is 0.000628. The molecule has 4 N–H and O–H groups in total. The van der Waals surface area contributed by atoms with Gasteiger partial charge in [0.05, 0.1) is 31.3 Å². The van der Waals surface area contributed by atoms with E-state index in [0.29, 0.717) is 11.4 Å². The SMILES string of the molecule is CC(COCCO)(CC(Cc1ccc(-c2cccc(Cl)c2)cc1)NC(=O)c1cc(=O)[nH]o1)C(=O)O. The summed E-state index contributed by atoms with van der Waals surface area (Å²) in [5, 5.41) is 24.3. The van der Waals surface area contributed by atoms with Crippen molar-refractivity contribution in [3.05, 3.63) is 81.3 Å². The van der Waals surface area contributed by atoms with Gasteiger partial charge in [0, 0.05) is 11.1 Å². The van der Waals surface area contributed by atoms with E-state index in [0.717, 1.165) is 22.8 Å². The van der Waals surface area contributed by atoms with Crippen LogP contribution in [0.3, 0.4) is 0 Å². The number of rotatable bonds is 12. The molecule has 3 aromatic rings. The van der Waals surface area contributed by atoms with Gasteiger partial charge >= 0.3 is 5.97 Å². The average Bonchev–Trinajstić information content (AvgIpc) is 3.26. The van der Waals surface area contributed by atoms with Crippen molar-refractivity contribution in [2.75, 3.05) is 19.8 Å². The van der Waals surface area contributed by atoms with Crippen LogP contribution in [0.1, 0.15) is 29.5 Å². The minimum atomic E-state index is -1.34. The molecule has 0 fully saturated rings. The molecule has 2 aromatic carbocycles. The van der Waals surface area contributed by atoms with Crippen molar-refractivity contribution >= 4 is 23.5 Å². The molecule has 3 rings (SSSR count). The lowest BCUT2D eigenvalue weighted by molar-refractivity contribution is -0.153. The van der Waals surface area contributed by atoms with Crippen molar-refractivity contribution in [1.82, 2.24) is 10.5 Å². The molecule has 9 nitrogen and oxygen atoms in total. The number of carbonyl (C=O) groups is 2. The lowest BCUT2D eigenvalue weighted by atomic mass is 9.82. The van der Waals surface area contributed by atoms with Crippen LogP contribution in [0, 0.1) is 5.41 Å². The molecule has 10 heteroatoms. The summed E-state index contributed by atoms with van der Waals surface area (Å²) in [7, 11) is 0. The first kappa shape index (κ1) is 26.2. The van der Waals surface area contributed by atoms with Gasteiger partial charge in [0.2, 0.25) is 5.76 Å². The van der Waals surface area contributed by atoms with E-state index in [4.69, 9.17) is 26.0 Å². The summed E-state index contributed by atoms with van der Waals surface area (Å²) < 4.78 is 10.2. The van der Waals surface area contributed by atoms with Gasteiger partial charge in [-0.1, -0.05) is 48.0 Å². The lowest BCUT2D eigenvalue weighted by Gasteiger charge is -2.30. The lowest BCUT2D eigenvalue weighted by Crippen LogP contribution is -2.44. The molecule has 0 spiro atoms. The van der Waals surface area contributed by atoms with Crippen LogP contribution in [0.15, 0.2) is 63.9 Å². The Hall–Kier alpha value is -3.40. The number of halogens is 1. The highest BCUT2D eigenvalue weighted by molar-refractivity contribution is 6.30. The molecule has 1 heterocycles. The molecule has 1 aromatic heterocycles. The molecule has 186 valence electrons. The van der Waals surface area contributed by atoms with Crippen LogP contribution in [0.5, 0.6) is 0 Å². The van der Waals surface area contributed by atoms with Gasteiger partial charge in [0.25, 0.3) is 11.5 Å². The Morgan fingerprint density at radius 2 is 1.91 bits per heavy atom. The zero-order valence-electron chi connectivity index (χ0n) is 19.1. The van der Waals surface area contributed by atoms with Crippen LogP contribution >= 0.6 is 11.6 Å². The maximum Gasteiger partial charge on any atom is 0.311 e. The van der Waals surface area contributed by atoms with Crippen LogP contribution in [0.2, 0.25) is 5.02 Å². The normalized spacial score (nSPS) is 13.7. The van der Waals surface area contributed by atoms with Gasteiger partial charge in [-0.05, 0) is 48.6 Å². The fraction of sp³-hybridized carbons (Fsp3) is 0.320.